The van der Waals surface area contributed by atoms with Crippen LogP contribution in [-0.4, -0.2) is 65.0 Å². The molecule has 0 saturated heterocycles. The fourth-order valence-electron chi connectivity index (χ4n) is 2.34. The third-order valence-electron chi connectivity index (χ3n) is 3.83. The molecule has 142 valence electrons. The van der Waals surface area contributed by atoms with Gasteiger partial charge in [-0.1, -0.05) is 20.8 Å². The number of benzene rings is 1. The van der Waals surface area contributed by atoms with Gasteiger partial charge in [-0.15, -0.1) is 0 Å². The first-order valence-electron chi connectivity index (χ1n) is 8.40. The molecule has 0 bridgehead atoms. The van der Waals surface area contributed by atoms with Gasteiger partial charge in [0.15, 0.2) is 6.61 Å². The summed E-state index contributed by atoms with van der Waals surface area (Å²) < 4.78 is 21.3. The summed E-state index contributed by atoms with van der Waals surface area (Å²) in [5.41, 5.74) is 0.874. The molecule has 1 rings (SSSR count). The van der Waals surface area contributed by atoms with Crippen molar-refractivity contribution in [1.82, 2.24) is 4.90 Å². The van der Waals surface area contributed by atoms with E-state index in [0.717, 1.165) is 11.3 Å². The zero-order chi connectivity index (χ0) is 18.9. The van der Waals surface area contributed by atoms with Crippen LogP contribution in [0.5, 0.6) is 11.5 Å². The number of methoxy groups -OCH3 is 3. The van der Waals surface area contributed by atoms with E-state index in [2.05, 4.69) is 20.8 Å². The van der Waals surface area contributed by atoms with Crippen molar-refractivity contribution in [3.05, 3.63) is 23.8 Å². The van der Waals surface area contributed by atoms with Gasteiger partial charge in [0.2, 0.25) is 0 Å². The maximum Gasteiger partial charge on any atom is 0.260 e. The molecule has 0 atom stereocenters. The standard InChI is InChI=1S/C19H31NO5/c1-19(2,3)16-13-15(24-6)7-8-17(16)25-14-18(21)20(9-11-22-4)10-12-23-5/h7-8,13H,9-12,14H2,1-6H3. The molecule has 6 nitrogen and oxygen atoms in total. The van der Waals surface area contributed by atoms with Crippen LogP contribution in [0.3, 0.4) is 0 Å². The molecule has 6 heteroatoms. The van der Waals surface area contributed by atoms with Gasteiger partial charge in [-0.05, 0) is 23.6 Å². The average Bonchev–Trinajstić information content (AvgIpc) is 2.58. The Morgan fingerprint density at radius 1 is 1.04 bits per heavy atom. The molecule has 1 amide bonds. The van der Waals surface area contributed by atoms with Crippen LogP contribution in [0.15, 0.2) is 18.2 Å². The second-order valence-electron chi connectivity index (χ2n) is 6.77. The molecule has 0 heterocycles. The number of hydrogen-bond donors (Lipinski definition) is 0. The van der Waals surface area contributed by atoms with Crippen LogP contribution >= 0.6 is 0 Å². The van der Waals surface area contributed by atoms with Gasteiger partial charge in [0.05, 0.1) is 20.3 Å². The highest BCUT2D eigenvalue weighted by Crippen LogP contribution is 2.34. The topological polar surface area (TPSA) is 57.2 Å². The summed E-state index contributed by atoms with van der Waals surface area (Å²) in [4.78, 5) is 14.2. The zero-order valence-electron chi connectivity index (χ0n) is 16.3. The van der Waals surface area contributed by atoms with Gasteiger partial charge in [0.1, 0.15) is 11.5 Å². The minimum atomic E-state index is -0.126. The van der Waals surface area contributed by atoms with Crippen molar-refractivity contribution in [3.63, 3.8) is 0 Å². The van der Waals surface area contributed by atoms with Crippen LogP contribution < -0.4 is 9.47 Å². The van der Waals surface area contributed by atoms with E-state index in [1.54, 1.807) is 26.2 Å². The third-order valence-corrected chi connectivity index (χ3v) is 3.83. The second-order valence-corrected chi connectivity index (χ2v) is 6.77. The smallest absolute Gasteiger partial charge is 0.260 e. The monoisotopic (exact) mass is 353 g/mol. The van der Waals surface area contributed by atoms with Crippen LogP contribution in [0.1, 0.15) is 26.3 Å². The Labute approximate surface area is 151 Å². The summed E-state index contributed by atoms with van der Waals surface area (Å²) in [7, 11) is 4.86. The Hall–Kier alpha value is -1.79. The Morgan fingerprint density at radius 2 is 1.64 bits per heavy atom. The van der Waals surface area contributed by atoms with Crippen LogP contribution in [-0.2, 0) is 19.7 Å². The lowest BCUT2D eigenvalue weighted by Crippen LogP contribution is -2.39. The summed E-state index contributed by atoms with van der Waals surface area (Å²) in [6.07, 6.45) is 0. The summed E-state index contributed by atoms with van der Waals surface area (Å²) in [5, 5.41) is 0. The minimum absolute atomic E-state index is 0.0250. The summed E-state index contributed by atoms with van der Waals surface area (Å²) in [6, 6.07) is 5.64. The molecule has 0 unspecified atom stereocenters. The number of amides is 1. The van der Waals surface area contributed by atoms with E-state index in [1.165, 1.54) is 0 Å². The molecule has 0 aliphatic heterocycles. The van der Waals surface area contributed by atoms with E-state index in [4.69, 9.17) is 18.9 Å². The normalized spacial score (nSPS) is 11.3. The summed E-state index contributed by atoms with van der Waals surface area (Å²) in [6.45, 7) is 8.24. The first kappa shape index (κ1) is 21.3. The first-order valence-corrected chi connectivity index (χ1v) is 8.40. The van der Waals surface area contributed by atoms with Crippen LogP contribution in [0, 0.1) is 0 Å². The van der Waals surface area contributed by atoms with E-state index in [1.807, 2.05) is 18.2 Å². The average molecular weight is 353 g/mol. The molecule has 0 fully saturated rings. The van der Waals surface area contributed by atoms with Gasteiger partial charge >= 0.3 is 0 Å². The molecule has 0 radical (unpaired) electrons. The van der Waals surface area contributed by atoms with Gasteiger partial charge in [0.25, 0.3) is 5.91 Å². The van der Waals surface area contributed by atoms with Gasteiger partial charge in [-0.25, -0.2) is 0 Å². The van der Waals surface area contributed by atoms with Crippen LogP contribution in [0.25, 0.3) is 0 Å². The van der Waals surface area contributed by atoms with Gasteiger partial charge in [-0.3, -0.25) is 4.79 Å². The van der Waals surface area contributed by atoms with Gasteiger partial charge < -0.3 is 23.8 Å². The maximum atomic E-state index is 12.5. The SMILES string of the molecule is COCCN(CCOC)C(=O)COc1ccc(OC)cc1C(C)(C)C. The molecular formula is C19H31NO5. The van der Waals surface area contributed by atoms with Crippen molar-refractivity contribution in [3.8, 4) is 11.5 Å². The van der Waals surface area contributed by atoms with E-state index in [0.29, 0.717) is 32.1 Å². The van der Waals surface area contributed by atoms with Crippen LogP contribution in [0.4, 0.5) is 0 Å². The molecule has 0 aromatic heterocycles. The van der Waals surface area contributed by atoms with Crippen molar-refractivity contribution in [1.29, 1.82) is 0 Å². The number of ether oxygens (including phenoxy) is 4. The molecular weight excluding hydrogens is 322 g/mol. The molecule has 25 heavy (non-hydrogen) atoms. The Kier molecular flexibility index (Phi) is 8.72. The number of hydrogen-bond acceptors (Lipinski definition) is 5. The van der Waals surface area contributed by atoms with Crippen LogP contribution in [0.2, 0.25) is 0 Å². The van der Waals surface area contributed by atoms with E-state index < -0.39 is 0 Å². The highest BCUT2D eigenvalue weighted by atomic mass is 16.5. The van der Waals surface area contributed by atoms with E-state index in [9.17, 15) is 4.79 Å². The van der Waals surface area contributed by atoms with Gasteiger partial charge in [-0.2, -0.15) is 0 Å². The zero-order valence-corrected chi connectivity index (χ0v) is 16.3. The molecule has 1 aromatic rings. The fraction of sp³-hybridized carbons (Fsp3) is 0.632. The lowest BCUT2D eigenvalue weighted by Gasteiger charge is -2.25. The number of carbonyl (C=O) groups excluding carboxylic acids is 1. The van der Waals surface area contributed by atoms with Crippen molar-refractivity contribution in [2.75, 3.05) is 54.2 Å². The Bertz CT molecular complexity index is 531. The summed E-state index contributed by atoms with van der Waals surface area (Å²) >= 11 is 0. The molecule has 0 aliphatic rings. The maximum absolute atomic E-state index is 12.5. The van der Waals surface area contributed by atoms with E-state index in [-0.39, 0.29) is 17.9 Å². The van der Waals surface area contributed by atoms with Gasteiger partial charge in [0, 0.05) is 32.9 Å². The van der Waals surface area contributed by atoms with Crippen molar-refractivity contribution >= 4 is 5.91 Å². The summed E-state index contributed by atoms with van der Waals surface area (Å²) in [5.74, 6) is 1.37. The van der Waals surface area contributed by atoms with Crippen molar-refractivity contribution in [2.45, 2.75) is 26.2 Å². The highest BCUT2D eigenvalue weighted by Gasteiger charge is 2.21. The minimum Gasteiger partial charge on any atom is -0.497 e. The molecule has 1 aromatic carbocycles. The Morgan fingerprint density at radius 3 is 2.12 bits per heavy atom. The largest absolute Gasteiger partial charge is 0.497 e. The number of nitrogens with zero attached hydrogens (tertiary/aromatic N) is 1. The lowest BCUT2D eigenvalue weighted by molar-refractivity contribution is -0.134. The Balaban J connectivity index is 2.82. The molecule has 0 saturated carbocycles. The predicted molar refractivity (Wildman–Crippen MR) is 97.5 cm³/mol. The van der Waals surface area contributed by atoms with Crippen molar-refractivity contribution in [2.24, 2.45) is 0 Å². The molecule has 0 spiro atoms. The second kappa shape index (κ2) is 10.3. The number of rotatable bonds is 10. The van der Waals surface area contributed by atoms with E-state index >= 15 is 0 Å². The predicted octanol–water partition coefficient (Wildman–Crippen LogP) is 2.49. The first-order chi connectivity index (χ1) is 11.8. The third kappa shape index (κ3) is 6.92. The lowest BCUT2D eigenvalue weighted by atomic mass is 9.86. The quantitative estimate of drug-likeness (QED) is 0.647. The van der Waals surface area contributed by atoms with Crippen molar-refractivity contribution < 1.29 is 23.7 Å². The molecule has 0 N–H and O–H groups in total. The highest BCUT2D eigenvalue weighted by molar-refractivity contribution is 5.77. The molecule has 0 aliphatic carbocycles. The number of carbonyl (C=O) groups is 1. The fourth-order valence-corrected chi connectivity index (χ4v) is 2.34.